The average molecular weight is 824 g/mol. The average Bonchev–Trinajstić information content (AvgIpc) is 3.51. The molecule has 1 aliphatic carbocycles. The van der Waals surface area contributed by atoms with Crippen LogP contribution in [0, 0.1) is 40.4 Å². The molecule has 3 aromatic carbocycles. The SMILES string of the molecule is C=Cc1ccc2c(c1)C(CCCCCCCC)(CCCCCCCC)c1cc(/C=C/c3cc(C)c(O)c4ncccc34)ccc1-2.CO[C-]=O.N#CC(=N)C(=N)C#N.[Co]. The van der Waals surface area contributed by atoms with Crippen LogP contribution in [0.4, 0.5) is 0 Å². The molecule has 1 aromatic heterocycles. The molecule has 9 heteroatoms. The van der Waals surface area contributed by atoms with Crippen molar-refractivity contribution >= 4 is 47.0 Å². The third kappa shape index (κ3) is 13.1. The maximum Gasteiger partial charge on any atom is 0.168 e. The summed E-state index contributed by atoms with van der Waals surface area (Å²) in [6, 6.07) is 22.9. The van der Waals surface area contributed by atoms with E-state index in [0.717, 1.165) is 16.5 Å². The van der Waals surface area contributed by atoms with Crippen LogP contribution in [0.15, 0.2) is 67.4 Å². The predicted molar refractivity (Wildman–Crippen MR) is 235 cm³/mol. The van der Waals surface area contributed by atoms with Gasteiger partial charge >= 0.3 is 0 Å². The van der Waals surface area contributed by atoms with E-state index in [1.54, 1.807) is 6.20 Å². The van der Waals surface area contributed by atoms with Crippen molar-refractivity contribution in [3.05, 3.63) is 101 Å². The molecule has 0 aliphatic heterocycles. The number of phenolic OH excluding ortho intramolecular Hbond substituents is 1. The molecular formula is C49H58CoN5O3-. The van der Waals surface area contributed by atoms with E-state index in [2.05, 4.69) is 84.8 Å². The van der Waals surface area contributed by atoms with Gasteiger partial charge in [-0.25, -0.2) is 0 Å². The van der Waals surface area contributed by atoms with Gasteiger partial charge in [0.2, 0.25) is 0 Å². The molecule has 3 N–H and O–H groups in total. The monoisotopic (exact) mass is 823 g/mol. The number of rotatable bonds is 19. The Bertz CT molecular complexity index is 2070. The number of hydrogen-bond donors (Lipinski definition) is 3. The number of phenols is 1. The van der Waals surface area contributed by atoms with Gasteiger partial charge in [0.05, 0.1) is 0 Å². The van der Waals surface area contributed by atoms with Gasteiger partial charge in [-0.15, -0.1) is 0 Å². The topological polar surface area (TPSA) is 155 Å². The largest absolute Gasteiger partial charge is 0.655 e. The number of aryl methyl sites for hydroxylation is 1. The molecule has 307 valence electrons. The van der Waals surface area contributed by atoms with Gasteiger partial charge in [-0.3, -0.25) is 15.8 Å². The molecule has 4 aromatic rings. The molecule has 0 saturated carbocycles. The number of aromatic hydroxyl groups is 1. The number of nitrogens with one attached hydrogen (secondary N) is 2. The van der Waals surface area contributed by atoms with Crippen LogP contribution in [-0.4, -0.2) is 35.1 Å². The van der Waals surface area contributed by atoms with Crippen molar-refractivity contribution in [3.63, 3.8) is 0 Å². The summed E-state index contributed by atoms with van der Waals surface area (Å²) in [7, 11) is 1.26. The summed E-state index contributed by atoms with van der Waals surface area (Å²) in [5.41, 5.74) is 9.74. The zero-order chi connectivity index (χ0) is 41.6. The Kier molecular flexibility index (Phi) is 21.7. The predicted octanol–water partition coefficient (Wildman–Crippen LogP) is 12.6. The molecular weight excluding hydrogens is 766 g/mol. The van der Waals surface area contributed by atoms with Gasteiger partial charge in [0.25, 0.3) is 0 Å². The van der Waals surface area contributed by atoms with E-state index >= 15 is 0 Å². The van der Waals surface area contributed by atoms with E-state index in [1.807, 2.05) is 25.1 Å². The van der Waals surface area contributed by atoms with Crippen LogP contribution < -0.4 is 0 Å². The summed E-state index contributed by atoms with van der Waals surface area (Å²) < 4.78 is 3.74. The van der Waals surface area contributed by atoms with Gasteiger partial charge in [-0.2, -0.15) is 10.5 Å². The van der Waals surface area contributed by atoms with Crippen molar-refractivity contribution in [2.75, 3.05) is 7.11 Å². The normalized spacial score (nSPS) is 11.6. The summed E-state index contributed by atoms with van der Waals surface area (Å²) in [5, 5.41) is 40.4. The van der Waals surface area contributed by atoms with E-state index in [9.17, 15) is 5.11 Å². The first kappa shape index (κ1) is 48.8. The Morgan fingerprint density at radius 1 is 0.828 bits per heavy atom. The molecule has 1 radical (unpaired) electrons. The van der Waals surface area contributed by atoms with E-state index < -0.39 is 11.4 Å². The van der Waals surface area contributed by atoms with Crippen molar-refractivity contribution < 1.29 is 31.4 Å². The zero-order valence-electron chi connectivity index (χ0n) is 34.6. The van der Waals surface area contributed by atoms with E-state index in [-0.39, 0.29) is 27.9 Å². The van der Waals surface area contributed by atoms with Gasteiger partial charge in [0, 0.05) is 40.9 Å². The zero-order valence-corrected chi connectivity index (χ0v) is 35.6. The number of nitriles is 2. The Morgan fingerprint density at radius 3 is 1.83 bits per heavy atom. The third-order valence-corrected chi connectivity index (χ3v) is 10.7. The van der Waals surface area contributed by atoms with Crippen molar-refractivity contribution in [1.82, 2.24) is 4.98 Å². The second-order valence-electron chi connectivity index (χ2n) is 14.6. The van der Waals surface area contributed by atoms with Crippen molar-refractivity contribution in [2.24, 2.45) is 0 Å². The van der Waals surface area contributed by atoms with Crippen LogP contribution in [-0.2, 0) is 31.7 Å². The first-order valence-electron chi connectivity index (χ1n) is 20.2. The second kappa shape index (κ2) is 25.8. The van der Waals surface area contributed by atoms with Crippen LogP contribution in [0.25, 0.3) is 40.3 Å². The molecule has 0 fully saturated rings. The van der Waals surface area contributed by atoms with Gasteiger partial charge in [-0.1, -0.05) is 165 Å². The summed E-state index contributed by atoms with van der Waals surface area (Å²) in [4.78, 5) is 13.3. The number of aromatic nitrogens is 1. The van der Waals surface area contributed by atoms with Crippen molar-refractivity contribution in [2.45, 2.75) is 116 Å². The fourth-order valence-electron chi connectivity index (χ4n) is 7.67. The summed E-state index contributed by atoms with van der Waals surface area (Å²) in [6.45, 7) is 11.9. The fraction of sp³-hybridized carbons (Fsp3) is 0.388. The molecule has 1 aliphatic rings. The van der Waals surface area contributed by atoms with Crippen LogP contribution in [0.1, 0.15) is 137 Å². The quantitative estimate of drug-likeness (QED) is 0.0370. The van der Waals surface area contributed by atoms with Crippen LogP contribution in [0.3, 0.4) is 0 Å². The maximum absolute atomic E-state index is 10.6. The number of hydrogen-bond acceptors (Lipinski definition) is 8. The Hall–Kier alpha value is -5.35. The van der Waals surface area contributed by atoms with Gasteiger partial charge in [0.15, 0.2) is 11.4 Å². The Balaban J connectivity index is 0.000000780. The minimum atomic E-state index is -0.590. The standard InChI is InChI=1S/C43H53NO.C4H2N4.C2H3O2.Co/c1-5-8-10-12-14-16-26-43(27-17-15-13-11-9-6-2)39-30-33(7-3)21-24-37(39)38-25-22-34(31-40(38)43)20-23-35-29-32(4)42(45)41-36(35)19-18-28-44-41;5-1-3(7)4(8)2-6;1-4-2-3;/h7,18-25,28-31,45H,3,5-6,8-17,26-27H2,1-2,4H3;7-8H;1H3;/q;;-1;/b23-20+;;;. The fourth-order valence-corrected chi connectivity index (χ4v) is 7.67. The molecule has 1 heterocycles. The third-order valence-electron chi connectivity index (χ3n) is 10.7. The Morgan fingerprint density at radius 2 is 1.33 bits per heavy atom. The molecule has 0 saturated heterocycles. The van der Waals surface area contributed by atoms with Crippen LogP contribution in [0.5, 0.6) is 5.75 Å². The molecule has 0 atom stereocenters. The number of methoxy groups -OCH3 is 1. The number of nitrogens with zero attached hydrogens (tertiary/aromatic N) is 3. The number of benzene rings is 3. The first-order valence-corrected chi connectivity index (χ1v) is 20.2. The molecule has 0 unspecified atom stereocenters. The minimum absolute atomic E-state index is 0. The molecule has 58 heavy (non-hydrogen) atoms. The molecule has 8 nitrogen and oxygen atoms in total. The molecule has 0 amide bonds. The van der Waals surface area contributed by atoms with E-state index in [0.29, 0.717) is 5.52 Å². The summed E-state index contributed by atoms with van der Waals surface area (Å²) >= 11 is 0. The minimum Gasteiger partial charge on any atom is -0.655 e. The van der Waals surface area contributed by atoms with Gasteiger partial charge < -0.3 is 14.6 Å². The molecule has 5 rings (SSSR count). The van der Waals surface area contributed by atoms with Crippen molar-refractivity contribution in [3.8, 4) is 29.0 Å². The number of pyridine rings is 1. The molecule has 0 spiro atoms. The first-order chi connectivity index (χ1) is 27.7. The van der Waals surface area contributed by atoms with Crippen LogP contribution in [0.2, 0.25) is 0 Å². The smallest absolute Gasteiger partial charge is 0.168 e. The maximum atomic E-state index is 10.6. The van der Waals surface area contributed by atoms with Crippen molar-refractivity contribution in [1.29, 1.82) is 21.3 Å². The van der Waals surface area contributed by atoms with Gasteiger partial charge in [-0.05, 0) is 76.4 Å². The van der Waals surface area contributed by atoms with E-state index in [1.165, 1.54) is 149 Å². The number of fused-ring (bicyclic) bond motifs is 4. The van der Waals surface area contributed by atoms with Gasteiger partial charge in [0.1, 0.15) is 23.4 Å². The number of unbranched alkanes of at least 4 members (excludes halogenated alkanes) is 10. The van der Waals surface area contributed by atoms with Crippen LogP contribution >= 0.6 is 0 Å². The number of ether oxygens (including phenoxy) is 1. The second-order valence-corrected chi connectivity index (χ2v) is 14.6. The molecule has 0 bridgehead atoms. The number of carbonyl (C=O) groups excluding carboxylic acids is 1. The summed E-state index contributed by atoms with van der Waals surface area (Å²) in [6.07, 6.45) is 26.4. The Labute approximate surface area is 356 Å². The summed E-state index contributed by atoms with van der Waals surface area (Å²) in [5.74, 6) is 0.270. The van der Waals surface area contributed by atoms with E-state index in [4.69, 9.17) is 26.1 Å².